The van der Waals surface area contributed by atoms with E-state index in [1.165, 1.54) is 6.92 Å². The van der Waals surface area contributed by atoms with Crippen LogP contribution in [-0.2, 0) is 16.5 Å². The number of rotatable bonds is 7. The van der Waals surface area contributed by atoms with Crippen molar-refractivity contribution in [2.75, 3.05) is 11.9 Å². The highest BCUT2D eigenvalue weighted by Gasteiger charge is 2.50. The molecule has 0 saturated carbocycles. The van der Waals surface area contributed by atoms with Gasteiger partial charge in [0.25, 0.3) is 0 Å². The first-order valence-corrected chi connectivity index (χ1v) is 8.65. The van der Waals surface area contributed by atoms with Gasteiger partial charge in [0.05, 0.1) is 4.92 Å². The average molecular weight is 385 g/mol. The van der Waals surface area contributed by atoms with E-state index in [0.29, 0.717) is 12.0 Å². The van der Waals surface area contributed by atoms with Gasteiger partial charge in [0, 0.05) is 17.8 Å². The molecule has 1 heterocycles. The van der Waals surface area contributed by atoms with Gasteiger partial charge in [0.15, 0.2) is 0 Å². The minimum absolute atomic E-state index is 0.0704. The molecule has 0 saturated heterocycles. The SMILES string of the molecule is CCc1c(C)nc(OS(=O)(=O)C(F)(F)F)c([N+](=O)[O-])c1NCC(C)C. The van der Waals surface area contributed by atoms with Crippen molar-refractivity contribution in [3.8, 4) is 5.88 Å². The molecule has 0 aromatic carbocycles. The molecule has 1 aromatic rings. The molecular weight excluding hydrogens is 367 g/mol. The quantitative estimate of drug-likeness (QED) is 0.332. The number of nitrogens with one attached hydrogen (secondary N) is 1. The molecule has 0 bridgehead atoms. The lowest BCUT2D eigenvalue weighted by Gasteiger charge is -2.17. The third-order valence-electron chi connectivity index (χ3n) is 3.14. The first kappa shape index (κ1) is 20.9. The van der Waals surface area contributed by atoms with Gasteiger partial charge in [-0.15, -0.1) is 0 Å². The summed E-state index contributed by atoms with van der Waals surface area (Å²) in [5.41, 5.74) is -6.25. The van der Waals surface area contributed by atoms with E-state index in [1.807, 2.05) is 13.8 Å². The van der Waals surface area contributed by atoms with Crippen molar-refractivity contribution in [2.45, 2.75) is 39.6 Å². The Hall–Kier alpha value is -2.11. The molecule has 0 atom stereocenters. The Kier molecular flexibility index (Phi) is 6.21. The third-order valence-corrected chi connectivity index (χ3v) is 4.09. The number of hydrogen-bond donors (Lipinski definition) is 1. The van der Waals surface area contributed by atoms with Gasteiger partial charge in [0.2, 0.25) is 0 Å². The highest BCUT2D eigenvalue weighted by molar-refractivity contribution is 7.88. The summed E-state index contributed by atoms with van der Waals surface area (Å²) in [4.78, 5) is 13.9. The second-order valence-electron chi connectivity index (χ2n) is 5.57. The van der Waals surface area contributed by atoms with E-state index < -0.39 is 32.1 Å². The fourth-order valence-corrected chi connectivity index (χ4v) is 2.43. The van der Waals surface area contributed by atoms with Crippen LogP contribution in [0.3, 0.4) is 0 Å². The zero-order chi connectivity index (χ0) is 19.6. The molecule has 1 aromatic heterocycles. The molecule has 1 N–H and O–H groups in total. The zero-order valence-electron chi connectivity index (χ0n) is 14.0. The van der Waals surface area contributed by atoms with Crippen LogP contribution in [0.1, 0.15) is 32.0 Å². The second kappa shape index (κ2) is 7.42. The number of nitrogens with zero attached hydrogens (tertiary/aromatic N) is 2. The van der Waals surface area contributed by atoms with Gasteiger partial charge in [-0.3, -0.25) is 10.1 Å². The first-order valence-electron chi connectivity index (χ1n) is 7.24. The van der Waals surface area contributed by atoms with Crippen LogP contribution in [0.4, 0.5) is 24.5 Å². The summed E-state index contributed by atoms with van der Waals surface area (Å²) >= 11 is 0. The van der Waals surface area contributed by atoms with Gasteiger partial charge in [-0.2, -0.15) is 21.6 Å². The number of halogens is 3. The summed E-state index contributed by atoms with van der Waals surface area (Å²) in [6, 6.07) is 0. The molecule has 0 unspecified atom stereocenters. The summed E-state index contributed by atoms with van der Waals surface area (Å²) in [6.45, 7) is 7.01. The molecule has 1 rings (SSSR count). The summed E-state index contributed by atoms with van der Waals surface area (Å²) < 4.78 is 63.9. The van der Waals surface area contributed by atoms with Crippen molar-refractivity contribution in [3.63, 3.8) is 0 Å². The van der Waals surface area contributed by atoms with Crippen LogP contribution < -0.4 is 9.50 Å². The molecule has 0 aliphatic rings. The summed E-state index contributed by atoms with van der Waals surface area (Å²) in [5.74, 6) is -1.15. The maximum absolute atomic E-state index is 12.5. The standard InChI is InChI=1S/C13H18F3N3O5S/c1-5-9-8(4)18-12(24-25(22,23)13(14,15)16)11(19(20)21)10(9)17-6-7(2)3/h7H,5-6H2,1-4H3,(H,17,18). The Morgan fingerprint density at radius 2 is 1.92 bits per heavy atom. The van der Waals surface area contributed by atoms with Crippen LogP contribution in [0.25, 0.3) is 0 Å². The average Bonchev–Trinajstić information content (AvgIpc) is 2.42. The van der Waals surface area contributed by atoms with Crippen LogP contribution in [0, 0.1) is 23.0 Å². The molecule has 12 heteroatoms. The molecule has 0 aliphatic heterocycles. The molecule has 0 fully saturated rings. The first-order chi connectivity index (χ1) is 11.3. The van der Waals surface area contributed by atoms with E-state index in [4.69, 9.17) is 0 Å². The van der Waals surface area contributed by atoms with Gasteiger partial charge in [-0.05, 0) is 19.3 Å². The molecule has 0 radical (unpaired) electrons. The topological polar surface area (TPSA) is 111 Å². The van der Waals surface area contributed by atoms with Crippen molar-refractivity contribution in [1.29, 1.82) is 0 Å². The lowest BCUT2D eigenvalue weighted by atomic mass is 10.1. The third kappa shape index (κ3) is 4.71. The summed E-state index contributed by atoms with van der Waals surface area (Å²) in [6.07, 6.45) is 0.298. The maximum atomic E-state index is 12.5. The van der Waals surface area contributed by atoms with Crippen LogP contribution in [0.2, 0.25) is 0 Å². The van der Waals surface area contributed by atoms with E-state index in [2.05, 4.69) is 14.5 Å². The number of hydrogen-bond acceptors (Lipinski definition) is 7. The van der Waals surface area contributed by atoms with E-state index in [9.17, 15) is 31.7 Å². The van der Waals surface area contributed by atoms with Crippen molar-refractivity contribution in [1.82, 2.24) is 4.98 Å². The van der Waals surface area contributed by atoms with E-state index in [-0.39, 0.29) is 23.8 Å². The lowest BCUT2D eigenvalue weighted by Crippen LogP contribution is -2.29. The Labute approximate surface area is 142 Å². The number of alkyl halides is 3. The molecule has 0 aliphatic carbocycles. The van der Waals surface area contributed by atoms with Crippen molar-refractivity contribution < 1.29 is 30.7 Å². The molecular formula is C13H18F3N3O5S. The van der Waals surface area contributed by atoms with Crippen LogP contribution >= 0.6 is 0 Å². The molecule has 142 valence electrons. The van der Waals surface area contributed by atoms with Gasteiger partial charge < -0.3 is 9.50 Å². The molecule has 0 amide bonds. The Morgan fingerprint density at radius 3 is 2.32 bits per heavy atom. The van der Waals surface area contributed by atoms with Crippen molar-refractivity contribution >= 4 is 21.5 Å². The Morgan fingerprint density at radius 1 is 1.36 bits per heavy atom. The minimum Gasteiger partial charge on any atom is -0.379 e. The Balaban J connectivity index is 3.61. The normalized spacial score (nSPS) is 12.3. The second-order valence-corrected chi connectivity index (χ2v) is 7.11. The number of pyridine rings is 1. The van der Waals surface area contributed by atoms with Crippen molar-refractivity contribution in [2.24, 2.45) is 5.92 Å². The van der Waals surface area contributed by atoms with Crippen LogP contribution in [0.15, 0.2) is 0 Å². The Bertz CT molecular complexity index is 763. The van der Waals surface area contributed by atoms with E-state index in [1.54, 1.807) is 6.92 Å². The fraction of sp³-hybridized carbons (Fsp3) is 0.615. The number of anilines is 1. The van der Waals surface area contributed by atoms with E-state index >= 15 is 0 Å². The predicted octanol–water partition coefficient (Wildman–Crippen LogP) is 3.16. The lowest BCUT2D eigenvalue weighted by molar-refractivity contribution is -0.384. The number of aryl methyl sites for hydroxylation is 1. The van der Waals surface area contributed by atoms with Gasteiger partial charge in [-0.1, -0.05) is 20.8 Å². The van der Waals surface area contributed by atoms with Crippen molar-refractivity contribution in [3.05, 3.63) is 21.4 Å². The van der Waals surface area contributed by atoms with Crippen LogP contribution in [0.5, 0.6) is 5.88 Å². The molecule has 8 nitrogen and oxygen atoms in total. The van der Waals surface area contributed by atoms with Gasteiger partial charge in [0.1, 0.15) is 5.69 Å². The molecule has 25 heavy (non-hydrogen) atoms. The monoisotopic (exact) mass is 385 g/mol. The van der Waals surface area contributed by atoms with Gasteiger partial charge >= 0.3 is 27.2 Å². The predicted molar refractivity (Wildman–Crippen MR) is 83.9 cm³/mol. The molecule has 0 spiro atoms. The van der Waals surface area contributed by atoms with E-state index in [0.717, 1.165) is 0 Å². The largest absolute Gasteiger partial charge is 0.534 e. The zero-order valence-corrected chi connectivity index (χ0v) is 14.8. The fourth-order valence-electron chi connectivity index (χ4n) is 2.01. The minimum atomic E-state index is -6.09. The maximum Gasteiger partial charge on any atom is 0.534 e. The van der Waals surface area contributed by atoms with Gasteiger partial charge in [-0.25, -0.2) is 4.98 Å². The summed E-state index contributed by atoms with van der Waals surface area (Å²) in [5, 5.41) is 14.2. The highest BCUT2D eigenvalue weighted by atomic mass is 32.2. The number of nitro groups is 1. The highest BCUT2D eigenvalue weighted by Crippen LogP contribution is 2.40. The smallest absolute Gasteiger partial charge is 0.379 e. The summed E-state index contributed by atoms with van der Waals surface area (Å²) in [7, 11) is -6.09. The van der Waals surface area contributed by atoms with Crippen LogP contribution in [-0.4, -0.2) is 30.4 Å². The number of aromatic nitrogens is 1.